The minimum atomic E-state index is 0.236. The molecule has 1 aromatic carbocycles. The fourth-order valence-electron chi connectivity index (χ4n) is 2.00. The summed E-state index contributed by atoms with van der Waals surface area (Å²) in [5, 5.41) is 3.33. The van der Waals surface area contributed by atoms with E-state index in [0.29, 0.717) is 0 Å². The number of ether oxygens (including phenoxy) is 2. The molecule has 5 heteroatoms. The average molecular weight is 278 g/mol. The third-order valence-electron chi connectivity index (χ3n) is 3.05. The normalized spacial score (nSPS) is 12.2. The minimum Gasteiger partial charge on any atom is -0.493 e. The third kappa shape index (κ3) is 3.24. The Labute approximate surface area is 117 Å². The zero-order valence-electron chi connectivity index (χ0n) is 11.3. The molecule has 0 saturated heterocycles. The summed E-state index contributed by atoms with van der Waals surface area (Å²) < 4.78 is 10.6. The molecule has 1 atom stereocenters. The van der Waals surface area contributed by atoms with Gasteiger partial charge in [-0.1, -0.05) is 6.07 Å². The lowest BCUT2D eigenvalue weighted by Crippen LogP contribution is -2.18. The quantitative estimate of drug-likeness (QED) is 0.882. The maximum absolute atomic E-state index is 5.34. The molecule has 0 radical (unpaired) electrons. The van der Waals surface area contributed by atoms with Gasteiger partial charge in [0.05, 0.1) is 19.7 Å². The maximum atomic E-state index is 5.34. The molecule has 0 saturated carbocycles. The highest BCUT2D eigenvalue weighted by atomic mass is 32.1. The van der Waals surface area contributed by atoms with E-state index in [-0.39, 0.29) is 6.04 Å². The number of nitrogens with zero attached hydrogens (tertiary/aromatic N) is 1. The molecular formula is C14H18N2O2S. The Hall–Kier alpha value is -1.59. The summed E-state index contributed by atoms with van der Waals surface area (Å²) in [6.07, 6.45) is 2.83. The molecule has 1 heterocycles. The van der Waals surface area contributed by atoms with Crippen molar-refractivity contribution in [3.05, 3.63) is 40.3 Å². The zero-order valence-corrected chi connectivity index (χ0v) is 12.2. The van der Waals surface area contributed by atoms with E-state index in [9.17, 15) is 0 Å². The lowest BCUT2D eigenvalue weighted by atomic mass is 10.0. The first kappa shape index (κ1) is 13.8. The smallest absolute Gasteiger partial charge is 0.161 e. The molecule has 1 aromatic heterocycles. The Balaban J connectivity index is 2.23. The van der Waals surface area contributed by atoms with Crippen molar-refractivity contribution >= 4 is 11.3 Å². The second-order valence-electron chi connectivity index (χ2n) is 4.13. The van der Waals surface area contributed by atoms with E-state index in [1.165, 1.54) is 10.4 Å². The van der Waals surface area contributed by atoms with E-state index in [0.717, 1.165) is 17.9 Å². The first-order valence-corrected chi connectivity index (χ1v) is 6.93. The monoisotopic (exact) mass is 278 g/mol. The molecule has 2 aromatic rings. The van der Waals surface area contributed by atoms with Crippen molar-refractivity contribution in [2.45, 2.75) is 12.5 Å². The second kappa shape index (κ2) is 6.54. The van der Waals surface area contributed by atoms with Crippen molar-refractivity contribution in [3.8, 4) is 11.5 Å². The first-order valence-electron chi connectivity index (χ1n) is 6.05. The Morgan fingerprint density at radius 1 is 1.26 bits per heavy atom. The van der Waals surface area contributed by atoms with Crippen molar-refractivity contribution in [2.75, 3.05) is 21.3 Å². The summed E-state index contributed by atoms with van der Waals surface area (Å²) in [7, 11) is 5.26. The van der Waals surface area contributed by atoms with Gasteiger partial charge in [0.2, 0.25) is 0 Å². The van der Waals surface area contributed by atoms with Crippen molar-refractivity contribution in [1.82, 2.24) is 10.3 Å². The van der Waals surface area contributed by atoms with Crippen molar-refractivity contribution < 1.29 is 9.47 Å². The summed E-state index contributed by atoms with van der Waals surface area (Å²) >= 11 is 1.67. The van der Waals surface area contributed by atoms with E-state index in [2.05, 4.69) is 16.4 Å². The molecular weight excluding hydrogens is 260 g/mol. The topological polar surface area (TPSA) is 43.4 Å². The fourth-order valence-corrected chi connectivity index (χ4v) is 2.64. The second-order valence-corrected chi connectivity index (χ2v) is 5.10. The van der Waals surface area contributed by atoms with E-state index in [1.54, 1.807) is 25.6 Å². The van der Waals surface area contributed by atoms with Crippen LogP contribution in [0.4, 0.5) is 0 Å². The standard InChI is InChI=1S/C14H18N2O2S/c1-15-12(7-11-8-16-9-19-11)10-4-5-13(17-2)14(6-10)18-3/h4-6,8-9,12,15H,7H2,1-3H3. The van der Waals surface area contributed by atoms with Gasteiger partial charge in [-0.25, -0.2) is 0 Å². The first-order chi connectivity index (χ1) is 9.28. The Bertz CT molecular complexity index is 514. The van der Waals surface area contributed by atoms with Crippen molar-refractivity contribution in [1.29, 1.82) is 0 Å². The van der Waals surface area contributed by atoms with Crippen molar-refractivity contribution in [3.63, 3.8) is 0 Å². The predicted octanol–water partition coefficient (Wildman–Crippen LogP) is 2.66. The fraction of sp³-hybridized carbons (Fsp3) is 0.357. The lowest BCUT2D eigenvalue weighted by Gasteiger charge is -2.17. The van der Waals surface area contributed by atoms with Crippen LogP contribution in [0.2, 0.25) is 0 Å². The Morgan fingerprint density at radius 2 is 2.05 bits per heavy atom. The summed E-state index contributed by atoms with van der Waals surface area (Å²) in [6, 6.07) is 6.25. The van der Waals surface area contributed by atoms with E-state index in [1.807, 2.05) is 30.9 Å². The Kier molecular flexibility index (Phi) is 4.76. The number of benzene rings is 1. The number of likely N-dealkylation sites (N-methyl/N-ethyl adjacent to an activating group) is 1. The zero-order chi connectivity index (χ0) is 13.7. The van der Waals surface area contributed by atoms with Gasteiger partial charge in [0, 0.05) is 23.5 Å². The number of methoxy groups -OCH3 is 2. The Morgan fingerprint density at radius 3 is 2.63 bits per heavy atom. The average Bonchev–Trinajstić information content (AvgIpc) is 2.97. The largest absolute Gasteiger partial charge is 0.493 e. The summed E-state index contributed by atoms with van der Waals surface area (Å²) in [5.41, 5.74) is 3.03. The molecule has 4 nitrogen and oxygen atoms in total. The number of thiazole rings is 1. The third-order valence-corrected chi connectivity index (χ3v) is 3.85. The summed E-state index contributed by atoms with van der Waals surface area (Å²) in [4.78, 5) is 5.37. The van der Waals surface area contributed by atoms with Crippen molar-refractivity contribution in [2.24, 2.45) is 0 Å². The lowest BCUT2D eigenvalue weighted by molar-refractivity contribution is 0.354. The van der Waals surface area contributed by atoms with Crippen LogP contribution in [0.25, 0.3) is 0 Å². The van der Waals surface area contributed by atoms with Gasteiger partial charge in [0.1, 0.15) is 0 Å². The highest BCUT2D eigenvalue weighted by Crippen LogP contribution is 2.31. The van der Waals surface area contributed by atoms with Crippen LogP contribution in [-0.4, -0.2) is 26.3 Å². The van der Waals surface area contributed by atoms with Crippen LogP contribution in [0.3, 0.4) is 0 Å². The summed E-state index contributed by atoms with van der Waals surface area (Å²) in [5.74, 6) is 1.50. The van der Waals surface area contributed by atoms with E-state index < -0.39 is 0 Å². The van der Waals surface area contributed by atoms with Crippen LogP contribution in [0.15, 0.2) is 29.9 Å². The van der Waals surface area contributed by atoms with Gasteiger partial charge in [-0.15, -0.1) is 11.3 Å². The van der Waals surface area contributed by atoms with Gasteiger partial charge in [0.25, 0.3) is 0 Å². The van der Waals surface area contributed by atoms with Gasteiger partial charge < -0.3 is 14.8 Å². The number of hydrogen-bond acceptors (Lipinski definition) is 5. The number of rotatable bonds is 6. The molecule has 0 spiro atoms. The molecule has 0 amide bonds. The maximum Gasteiger partial charge on any atom is 0.161 e. The van der Waals surface area contributed by atoms with Crippen LogP contribution < -0.4 is 14.8 Å². The molecule has 0 aliphatic heterocycles. The summed E-state index contributed by atoms with van der Waals surface area (Å²) in [6.45, 7) is 0. The minimum absolute atomic E-state index is 0.236. The van der Waals surface area contributed by atoms with Crippen LogP contribution in [-0.2, 0) is 6.42 Å². The SMILES string of the molecule is CNC(Cc1cncs1)c1ccc(OC)c(OC)c1. The molecule has 2 rings (SSSR count). The molecule has 19 heavy (non-hydrogen) atoms. The number of hydrogen-bond donors (Lipinski definition) is 1. The van der Waals surface area contributed by atoms with Gasteiger partial charge in [-0.3, -0.25) is 4.98 Å². The van der Waals surface area contributed by atoms with Crippen LogP contribution in [0.1, 0.15) is 16.5 Å². The highest BCUT2D eigenvalue weighted by molar-refractivity contribution is 7.09. The number of aromatic nitrogens is 1. The predicted molar refractivity (Wildman–Crippen MR) is 77.2 cm³/mol. The van der Waals surface area contributed by atoms with Crippen LogP contribution >= 0.6 is 11.3 Å². The van der Waals surface area contributed by atoms with Crippen LogP contribution in [0, 0.1) is 0 Å². The molecule has 102 valence electrons. The van der Waals surface area contributed by atoms with Gasteiger partial charge in [0.15, 0.2) is 11.5 Å². The van der Waals surface area contributed by atoms with E-state index >= 15 is 0 Å². The molecule has 0 bridgehead atoms. The molecule has 0 aliphatic rings. The van der Waals surface area contributed by atoms with Gasteiger partial charge >= 0.3 is 0 Å². The highest BCUT2D eigenvalue weighted by Gasteiger charge is 2.14. The van der Waals surface area contributed by atoms with E-state index in [4.69, 9.17) is 9.47 Å². The molecule has 0 fully saturated rings. The van der Waals surface area contributed by atoms with Gasteiger partial charge in [-0.2, -0.15) is 0 Å². The number of nitrogens with one attached hydrogen (secondary N) is 1. The molecule has 1 N–H and O–H groups in total. The molecule has 1 unspecified atom stereocenters. The molecule has 0 aliphatic carbocycles. The van der Waals surface area contributed by atoms with Gasteiger partial charge in [-0.05, 0) is 24.7 Å². The van der Waals surface area contributed by atoms with Crippen LogP contribution in [0.5, 0.6) is 11.5 Å².